The molecule has 2 heterocycles. The summed E-state index contributed by atoms with van der Waals surface area (Å²) in [4.78, 5) is 28.4. The van der Waals surface area contributed by atoms with Gasteiger partial charge in [-0.2, -0.15) is 13.2 Å². The summed E-state index contributed by atoms with van der Waals surface area (Å²) in [7, 11) is 0. The number of pyridine rings is 2. The second-order valence-electron chi connectivity index (χ2n) is 5.34. The van der Waals surface area contributed by atoms with Crippen LogP contribution in [0.2, 0.25) is 0 Å². The van der Waals surface area contributed by atoms with Gasteiger partial charge in [0.15, 0.2) is 11.4 Å². The molecule has 0 atom stereocenters. The largest absolute Gasteiger partial charge is 0.506 e. The summed E-state index contributed by atoms with van der Waals surface area (Å²) >= 11 is 0. The van der Waals surface area contributed by atoms with Gasteiger partial charge in [-0.05, 0) is 37.3 Å². The van der Waals surface area contributed by atoms with E-state index >= 15 is 0 Å². The summed E-state index contributed by atoms with van der Waals surface area (Å²) in [6, 6.07) is 7.01. The number of Topliss-reactive ketones (excluding diaryl/α,β-unsaturated/α-hetero) is 1. The number of ketones is 1. The fraction of sp³-hybridized carbons (Fsp3) is 0.118. The highest BCUT2D eigenvalue weighted by Gasteiger charge is 2.31. The van der Waals surface area contributed by atoms with Crippen molar-refractivity contribution < 1.29 is 23.1 Å². The van der Waals surface area contributed by atoms with Crippen LogP contribution in [0.5, 0.6) is 5.75 Å². The van der Waals surface area contributed by atoms with E-state index in [2.05, 4.69) is 4.98 Å². The summed E-state index contributed by atoms with van der Waals surface area (Å²) in [5, 5.41) is 10.3. The van der Waals surface area contributed by atoms with Crippen molar-refractivity contribution in [2.75, 3.05) is 0 Å². The first-order valence-electron chi connectivity index (χ1n) is 7.13. The van der Waals surface area contributed by atoms with Crippen molar-refractivity contribution in [1.29, 1.82) is 0 Å². The van der Waals surface area contributed by atoms with Gasteiger partial charge < -0.3 is 5.11 Å². The number of carbonyl (C=O) groups excluding carboxylic acids is 1. The zero-order valence-electron chi connectivity index (χ0n) is 12.8. The minimum absolute atomic E-state index is 0.0469. The SMILES string of the molecule is CC(=O)c1c(O)c2cccnc2n(-c2cccc(C(F)(F)F)c2)c1=O. The maximum atomic E-state index is 13.0. The molecular weight excluding hydrogens is 337 g/mol. The van der Waals surface area contributed by atoms with Gasteiger partial charge in [0.05, 0.1) is 16.6 Å². The molecule has 5 nitrogen and oxygen atoms in total. The van der Waals surface area contributed by atoms with Crippen LogP contribution in [0, 0.1) is 0 Å². The fourth-order valence-electron chi connectivity index (χ4n) is 2.58. The number of aromatic hydroxyl groups is 1. The van der Waals surface area contributed by atoms with Crippen LogP contribution in [-0.2, 0) is 6.18 Å². The Morgan fingerprint density at radius 2 is 1.92 bits per heavy atom. The Kier molecular flexibility index (Phi) is 3.82. The molecule has 1 aromatic carbocycles. The zero-order chi connectivity index (χ0) is 18.4. The van der Waals surface area contributed by atoms with Gasteiger partial charge >= 0.3 is 6.18 Å². The Balaban J connectivity index is 2.45. The van der Waals surface area contributed by atoms with E-state index in [9.17, 15) is 27.9 Å². The predicted molar refractivity (Wildman–Crippen MR) is 84.0 cm³/mol. The second-order valence-corrected chi connectivity index (χ2v) is 5.34. The molecule has 25 heavy (non-hydrogen) atoms. The molecule has 8 heteroatoms. The van der Waals surface area contributed by atoms with Crippen LogP contribution in [0.1, 0.15) is 22.8 Å². The second kappa shape index (κ2) is 5.73. The van der Waals surface area contributed by atoms with E-state index in [1.165, 1.54) is 24.4 Å². The number of rotatable bonds is 2. The topological polar surface area (TPSA) is 72.2 Å². The molecule has 0 radical (unpaired) electrons. The van der Waals surface area contributed by atoms with Crippen molar-refractivity contribution in [1.82, 2.24) is 9.55 Å². The number of benzene rings is 1. The molecule has 3 rings (SSSR count). The molecular formula is C17H11F3N2O3. The Labute approximate surface area is 139 Å². The summed E-state index contributed by atoms with van der Waals surface area (Å²) in [5.41, 5.74) is -2.53. The lowest BCUT2D eigenvalue weighted by Crippen LogP contribution is -2.26. The lowest BCUT2D eigenvalue weighted by molar-refractivity contribution is -0.137. The van der Waals surface area contributed by atoms with Gasteiger partial charge in [-0.15, -0.1) is 0 Å². The fourth-order valence-corrected chi connectivity index (χ4v) is 2.58. The number of hydrogen-bond acceptors (Lipinski definition) is 4. The number of carbonyl (C=O) groups is 1. The van der Waals surface area contributed by atoms with E-state index in [1.807, 2.05) is 0 Å². The van der Waals surface area contributed by atoms with Crippen LogP contribution in [0.4, 0.5) is 13.2 Å². The molecule has 0 aliphatic rings. The van der Waals surface area contributed by atoms with Crippen molar-refractivity contribution in [3.05, 3.63) is 64.1 Å². The Morgan fingerprint density at radius 3 is 2.56 bits per heavy atom. The van der Waals surface area contributed by atoms with Gasteiger partial charge in [-0.3, -0.25) is 14.2 Å². The van der Waals surface area contributed by atoms with Crippen molar-refractivity contribution in [2.45, 2.75) is 13.1 Å². The van der Waals surface area contributed by atoms with Crippen LogP contribution in [0.25, 0.3) is 16.7 Å². The quantitative estimate of drug-likeness (QED) is 0.721. The average molecular weight is 348 g/mol. The molecule has 0 saturated heterocycles. The van der Waals surface area contributed by atoms with E-state index in [0.29, 0.717) is 0 Å². The molecule has 3 aromatic rings. The normalized spacial score (nSPS) is 11.7. The molecule has 1 N–H and O–H groups in total. The van der Waals surface area contributed by atoms with Crippen molar-refractivity contribution in [2.24, 2.45) is 0 Å². The summed E-state index contributed by atoms with van der Waals surface area (Å²) in [6.07, 6.45) is -3.26. The Hall–Kier alpha value is -3.16. The number of fused-ring (bicyclic) bond motifs is 1. The van der Waals surface area contributed by atoms with Crippen molar-refractivity contribution in [3.63, 3.8) is 0 Å². The third-order valence-corrected chi connectivity index (χ3v) is 3.69. The average Bonchev–Trinajstić information content (AvgIpc) is 2.54. The number of hydrogen-bond donors (Lipinski definition) is 1. The highest BCUT2D eigenvalue weighted by Crippen LogP contribution is 2.31. The van der Waals surface area contributed by atoms with E-state index in [4.69, 9.17) is 0 Å². The minimum Gasteiger partial charge on any atom is -0.506 e. The Morgan fingerprint density at radius 1 is 1.20 bits per heavy atom. The molecule has 2 aromatic heterocycles. The van der Waals surface area contributed by atoms with Gasteiger partial charge in [0.2, 0.25) is 0 Å². The lowest BCUT2D eigenvalue weighted by Gasteiger charge is -2.14. The van der Waals surface area contributed by atoms with E-state index < -0.39 is 34.4 Å². The lowest BCUT2D eigenvalue weighted by atomic mass is 10.1. The minimum atomic E-state index is -4.59. The van der Waals surface area contributed by atoms with Gasteiger partial charge in [0.1, 0.15) is 11.3 Å². The zero-order valence-corrected chi connectivity index (χ0v) is 12.8. The highest BCUT2D eigenvalue weighted by atomic mass is 19.4. The predicted octanol–water partition coefficient (Wildman–Crippen LogP) is 3.31. The maximum Gasteiger partial charge on any atom is 0.416 e. The van der Waals surface area contributed by atoms with Gasteiger partial charge in [0, 0.05) is 6.20 Å². The first kappa shape index (κ1) is 16.7. The molecule has 128 valence electrons. The molecule has 0 fully saturated rings. The standard InChI is InChI=1S/C17H11F3N2O3/c1-9(23)13-14(24)12-6-3-7-21-15(12)22(16(13)25)11-5-2-4-10(8-11)17(18,19)20/h2-8,24H,1H3. The number of aromatic nitrogens is 2. The monoisotopic (exact) mass is 348 g/mol. The third-order valence-electron chi connectivity index (χ3n) is 3.69. The van der Waals surface area contributed by atoms with Crippen LogP contribution in [-0.4, -0.2) is 20.4 Å². The molecule has 0 amide bonds. The van der Waals surface area contributed by atoms with Crippen molar-refractivity contribution >= 4 is 16.8 Å². The highest BCUT2D eigenvalue weighted by molar-refractivity contribution is 6.01. The molecule has 0 saturated carbocycles. The maximum absolute atomic E-state index is 13.0. The summed E-state index contributed by atoms with van der Waals surface area (Å²) in [5.74, 6) is -1.24. The Bertz CT molecular complexity index is 1060. The van der Waals surface area contributed by atoms with E-state index in [1.54, 1.807) is 0 Å². The number of halogens is 3. The summed E-state index contributed by atoms with van der Waals surface area (Å²) in [6.45, 7) is 1.09. The molecule has 0 spiro atoms. The van der Waals surface area contributed by atoms with Crippen LogP contribution in [0.3, 0.4) is 0 Å². The molecule has 0 bridgehead atoms. The van der Waals surface area contributed by atoms with Gasteiger partial charge in [0.25, 0.3) is 5.56 Å². The van der Waals surface area contributed by atoms with Crippen LogP contribution >= 0.6 is 0 Å². The van der Waals surface area contributed by atoms with Crippen LogP contribution < -0.4 is 5.56 Å². The van der Waals surface area contributed by atoms with Gasteiger partial charge in [-0.25, -0.2) is 4.98 Å². The molecule has 0 aliphatic carbocycles. The number of alkyl halides is 3. The molecule has 0 unspecified atom stereocenters. The third kappa shape index (κ3) is 2.75. The van der Waals surface area contributed by atoms with Gasteiger partial charge in [-0.1, -0.05) is 6.07 Å². The first-order chi connectivity index (χ1) is 11.7. The van der Waals surface area contributed by atoms with Crippen molar-refractivity contribution in [3.8, 4) is 11.4 Å². The van der Waals surface area contributed by atoms with E-state index in [-0.39, 0.29) is 16.7 Å². The van der Waals surface area contributed by atoms with Crippen LogP contribution in [0.15, 0.2) is 47.4 Å². The van der Waals surface area contributed by atoms with E-state index in [0.717, 1.165) is 29.7 Å². The smallest absolute Gasteiger partial charge is 0.416 e. The first-order valence-corrected chi connectivity index (χ1v) is 7.13. The summed E-state index contributed by atoms with van der Waals surface area (Å²) < 4.78 is 39.8. The number of nitrogens with zero attached hydrogens (tertiary/aromatic N) is 2. The molecule has 0 aliphatic heterocycles.